The Labute approximate surface area is 152 Å². The number of carbonyl (C=O) groups is 1. The Hall–Kier alpha value is -2.41. The van der Waals surface area contributed by atoms with Crippen molar-refractivity contribution in [1.29, 1.82) is 0 Å². The molecule has 1 aromatic heterocycles. The second-order valence-electron chi connectivity index (χ2n) is 5.78. The number of benzene rings is 2. The number of carbonyl (C=O) groups excluding carboxylic acids is 1. The minimum absolute atomic E-state index is 0. The first-order valence-corrected chi connectivity index (χ1v) is 7.80. The van der Waals surface area contributed by atoms with Crippen LogP contribution in [0.1, 0.15) is 12.0 Å². The molecule has 6 nitrogen and oxygen atoms in total. The van der Waals surface area contributed by atoms with Crippen LogP contribution in [-0.2, 0) is 4.79 Å². The number of amides is 1. The van der Waals surface area contributed by atoms with Gasteiger partial charge in [0.05, 0.1) is 23.4 Å². The van der Waals surface area contributed by atoms with Crippen LogP contribution < -0.4 is 11.1 Å². The van der Waals surface area contributed by atoms with E-state index in [1.807, 2.05) is 48.0 Å². The second-order valence-corrected chi connectivity index (χ2v) is 5.78. The topological polar surface area (TPSA) is 93.2 Å². The van der Waals surface area contributed by atoms with E-state index in [-0.39, 0.29) is 31.3 Å². The van der Waals surface area contributed by atoms with Crippen LogP contribution in [0.4, 0.5) is 5.69 Å². The predicted molar refractivity (Wildman–Crippen MR) is 101 cm³/mol. The molecule has 3 aromatic rings. The molecule has 2 aromatic carbocycles. The molecule has 3 rings (SSSR count). The molecule has 0 bridgehead atoms. The third-order valence-electron chi connectivity index (χ3n) is 3.86. The summed E-state index contributed by atoms with van der Waals surface area (Å²) < 4.78 is 1.84. The zero-order valence-corrected chi connectivity index (χ0v) is 14.7. The lowest BCUT2D eigenvalue weighted by Gasteiger charge is -2.11. The Morgan fingerprint density at radius 3 is 2.84 bits per heavy atom. The Balaban J connectivity index is 0.00000225. The summed E-state index contributed by atoms with van der Waals surface area (Å²) in [6, 6.07) is 12.9. The third kappa shape index (κ3) is 4.17. The Morgan fingerprint density at radius 1 is 1.32 bits per heavy atom. The highest BCUT2D eigenvalue weighted by atomic mass is 35.5. The fraction of sp³-hybridized carbons (Fsp3) is 0.222. The standard InChI is InChI=1S/C18H20N4O2.ClH/c1-12-3-2-4-15(9-12)22-17-10-14(6-5-13(17)11-20-22)21-18(24)16(19)7-8-23;/h2-6,9-11,16,23H,7-8,19H2,1H3,(H,21,24);1H/t16-;/m1./s1. The number of aromatic nitrogens is 2. The number of aliphatic hydroxyl groups is 1. The zero-order chi connectivity index (χ0) is 17.1. The van der Waals surface area contributed by atoms with Gasteiger partial charge in [-0.3, -0.25) is 4.79 Å². The number of hydrogen-bond acceptors (Lipinski definition) is 4. The molecule has 132 valence electrons. The van der Waals surface area contributed by atoms with Crippen molar-refractivity contribution < 1.29 is 9.90 Å². The fourth-order valence-corrected chi connectivity index (χ4v) is 2.57. The normalized spacial score (nSPS) is 11.8. The van der Waals surface area contributed by atoms with E-state index in [1.165, 1.54) is 0 Å². The minimum atomic E-state index is -0.729. The van der Waals surface area contributed by atoms with E-state index in [0.29, 0.717) is 5.69 Å². The summed E-state index contributed by atoms with van der Waals surface area (Å²) in [4.78, 5) is 12.0. The van der Waals surface area contributed by atoms with Gasteiger partial charge in [-0.15, -0.1) is 12.4 Å². The third-order valence-corrected chi connectivity index (χ3v) is 3.86. The number of fused-ring (bicyclic) bond motifs is 1. The van der Waals surface area contributed by atoms with Crippen LogP contribution in [0.3, 0.4) is 0 Å². The summed E-state index contributed by atoms with van der Waals surface area (Å²) >= 11 is 0. The predicted octanol–water partition coefficient (Wildman–Crippen LogP) is 2.40. The van der Waals surface area contributed by atoms with E-state index in [0.717, 1.165) is 22.2 Å². The number of anilines is 1. The number of aliphatic hydroxyl groups excluding tert-OH is 1. The molecule has 0 spiro atoms. The van der Waals surface area contributed by atoms with Gasteiger partial charge in [-0.2, -0.15) is 5.10 Å². The van der Waals surface area contributed by atoms with Gasteiger partial charge in [0.2, 0.25) is 5.91 Å². The van der Waals surface area contributed by atoms with Crippen LogP contribution in [0.2, 0.25) is 0 Å². The quantitative estimate of drug-likeness (QED) is 0.651. The van der Waals surface area contributed by atoms with E-state index in [9.17, 15) is 4.79 Å². The molecule has 1 heterocycles. The summed E-state index contributed by atoms with van der Waals surface area (Å²) in [6.07, 6.45) is 2.02. The van der Waals surface area contributed by atoms with Crippen molar-refractivity contribution in [2.45, 2.75) is 19.4 Å². The minimum Gasteiger partial charge on any atom is -0.396 e. The summed E-state index contributed by atoms with van der Waals surface area (Å²) in [5, 5.41) is 17.1. The summed E-state index contributed by atoms with van der Waals surface area (Å²) in [6.45, 7) is 1.91. The van der Waals surface area contributed by atoms with Crippen molar-refractivity contribution >= 4 is 34.9 Å². The number of halogens is 1. The molecule has 1 atom stereocenters. The molecular weight excluding hydrogens is 340 g/mol. The monoisotopic (exact) mass is 360 g/mol. The molecule has 0 saturated carbocycles. The van der Waals surface area contributed by atoms with Crippen molar-refractivity contribution in [2.75, 3.05) is 11.9 Å². The lowest BCUT2D eigenvalue weighted by atomic mass is 10.2. The van der Waals surface area contributed by atoms with Gasteiger partial charge in [-0.05, 0) is 49.2 Å². The highest BCUT2D eigenvalue weighted by molar-refractivity contribution is 5.96. The average Bonchev–Trinajstić information content (AvgIpc) is 2.98. The first kappa shape index (κ1) is 18.9. The molecule has 1 amide bonds. The molecule has 0 saturated heterocycles. The van der Waals surface area contributed by atoms with Gasteiger partial charge in [0.15, 0.2) is 0 Å². The van der Waals surface area contributed by atoms with E-state index >= 15 is 0 Å². The molecule has 25 heavy (non-hydrogen) atoms. The van der Waals surface area contributed by atoms with E-state index in [1.54, 1.807) is 6.20 Å². The first-order valence-electron chi connectivity index (χ1n) is 7.80. The summed E-state index contributed by atoms with van der Waals surface area (Å²) in [5.41, 5.74) is 9.37. The van der Waals surface area contributed by atoms with Gasteiger partial charge in [0.25, 0.3) is 0 Å². The second kappa shape index (κ2) is 8.11. The van der Waals surface area contributed by atoms with Crippen LogP contribution in [0.15, 0.2) is 48.7 Å². The SMILES string of the molecule is Cc1cccc(-n2ncc3ccc(NC(=O)[C@H](N)CCO)cc32)c1.Cl. The Kier molecular flexibility index (Phi) is 6.14. The fourth-order valence-electron chi connectivity index (χ4n) is 2.57. The highest BCUT2D eigenvalue weighted by Gasteiger charge is 2.13. The van der Waals surface area contributed by atoms with Gasteiger partial charge in [0.1, 0.15) is 0 Å². The van der Waals surface area contributed by atoms with Gasteiger partial charge in [0, 0.05) is 17.7 Å². The zero-order valence-electron chi connectivity index (χ0n) is 13.8. The average molecular weight is 361 g/mol. The van der Waals surface area contributed by atoms with Crippen LogP contribution in [-0.4, -0.2) is 33.4 Å². The van der Waals surface area contributed by atoms with Gasteiger partial charge < -0.3 is 16.2 Å². The molecule has 4 N–H and O–H groups in total. The summed E-state index contributed by atoms with van der Waals surface area (Å²) in [5.74, 6) is -0.315. The maximum atomic E-state index is 12.0. The smallest absolute Gasteiger partial charge is 0.241 e. The molecule has 0 aliphatic carbocycles. The first-order chi connectivity index (χ1) is 11.6. The van der Waals surface area contributed by atoms with Crippen LogP contribution in [0.25, 0.3) is 16.6 Å². The van der Waals surface area contributed by atoms with Crippen LogP contribution in [0, 0.1) is 6.92 Å². The number of hydrogen-bond donors (Lipinski definition) is 3. The molecular formula is C18H21ClN4O2. The van der Waals surface area contributed by atoms with E-state index < -0.39 is 6.04 Å². The molecule has 0 aliphatic rings. The maximum absolute atomic E-state index is 12.0. The van der Waals surface area contributed by atoms with E-state index in [2.05, 4.69) is 16.5 Å². The molecule has 0 radical (unpaired) electrons. The maximum Gasteiger partial charge on any atom is 0.241 e. The number of nitrogens with one attached hydrogen (secondary N) is 1. The van der Waals surface area contributed by atoms with Gasteiger partial charge >= 0.3 is 0 Å². The van der Waals surface area contributed by atoms with Crippen molar-refractivity contribution in [2.24, 2.45) is 5.73 Å². The van der Waals surface area contributed by atoms with Gasteiger partial charge in [-0.25, -0.2) is 4.68 Å². The van der Waals surface area contributed by atoms with Crippen LogP contribution in [0.5, 0.6) is 0 Å². The lowest BCUT2D eigenvalue weighted by molar-refractivity contribution is -0.117. The van der Waals surface area contributed by atoms with Gasteiger partial charge in [-0.1, -0.05) is 12.1 Å². The molecule has 0 aliphatic heterocycles. The van der Waals surface area contributed by atoms with Crippen LogP contribution >= 0.6 is 12.4 Å². The van der Waals surface area contributed by atoms with Crippen molar-refractivity contribution in [3.63, 3.8) is 0 Å². The van der Waals surface area contributed by atoms with Crippen molar-refractivity contribution in [1.82, 2.24) is 9.78 Å². The molecule has 0 fully saturated rings. The Bertz CT molecular complexity index is 878. The van der Waals surface area contributed by atoms with Crippen molar-refractivity contribution in [3.05, 3.63) is 54.2 Å². The highest BCUT2D eigenvalue weighted by Crippen LogP contribution is 2.22. The molecule has 0 unspecified atom stereocenters. The number of aryl methyl sites for hydroxylation is 1. The number of nitrogens with two attached hydrogens (primary N) is 1. The lowest BCUT2D eigenvalue weighted by Crippen LogP contribution is -2.36. The van der Waals surface area contributed by atoms with Crippen molar-refractivity contribution in [3.8, 4) is 5.69 Å². The summed E-state index contributed by atoms with van der Waals surface area (Å²) in [7, 11) is 0. The number of rotatable bonds is 5. The largest absolute Gasteiger partial charge is 0.396 e. The number of nitrogens with zero attached hydrogens (tertiary/aromatic N) is 2. The van der Waals surface area contributed by atoms with E-state index in [4.69, 9.17) is 10.8 Å². The Morgan fingerprint density at radius 2 is 2.12 bits per heavy atom. The molecule has 7 heteroatoms.